The highest BCUT2D eigenvalue weighted by atomic mass is 19.4. The molecule has 0 aromatic carbocycles. The molecule has 190 valence electrons. The topological polar surface area (TPSA) is 8.81 Å². The molecule has 32 heavy (non-hydrogen) atoms. The van der Waals surface area contributed by atoms with E-state index in [2.05, 4.69) is 41.7 Å². The van der Waals surface area contributed by atoms with Crippen LogP contribution in [0.15, 0.2) is 18.7 Å². The van der Waals surface area contributed by atoms with Crippen molar-refractivity contribution in [2.75, 3.05) is 0 Å². The molecule has 0 bridgehead atoms. The van der Waals surface area contributed by atoms with Gasteiger partial charge in [0.25, 0.3) is 0 Å². The fourth-order valence-corrected chi connectivity index (χ4v) is 2.83. The fraction of sp³-hybridized carbons (Fsp3) is 0.857. The first-order valence-electron chi connectivity index (χ1n) is 11.0. The van der Waals surface area contributed by atoms with Crippen molar-refractivity contribution in [3.63, 3.8) is 0 Å². The van der Waals surface area contributed by atoms with E-state index >= 15 is 0 Å². The number of nitrogens with zero attached hydrogens (tertiary/aromatic N) is 2. The first kappa shape index (κ1) is 30.6. The van der Waals surface area contributed by atoms with Crippen LogP contribution >= 0.6 is 0 Å². The molecule has 1 aromatic heterocycles. The molecule has 11 heteroatoms. The summed E-state index contributed by atoms with van der Waals surface area (Å²) in [6.07, 6.45) is 8.61. The largest absolute Gasteiger partial charge is 0.460 e. The Morgan fingerprint density at radius 3 is 1.72 bits per heavy atom. The molecule has 0 saturated carbocycles. The van der Waals surface area contributed by atoms with Gasteiger partial charge in [0.15, 0.2) is 0 Å². The van der Waals surface area contributed by atoms with Crippen molar-refractivity contribution in [3.8, 4) is 0 Å². The van der Waals surface area contributed by atoms with Crippen molar-refractivity contribution in [1.82, 2.24) is 4.57 Å². The van der Waals surface area contributed by atoms with Crippen molar-refractivity contribution in [2.45, 2.75) is 116 Å². The maximum absolute atomic E-state index is 11.6. The maximum atomic E-state index is 11.6. The second-order valence-corrected chi connectivity index (χ2v) is 7.71. The Morgan fingerprint density at radius 2 is 1.25 bits per heavy atom. The fourth-order valence-electron chi connectivity index (χ4n) is 2.83. The van der Waals surface area contributed by atoms with E-state index in [0.717, 1.165) is 0 Å². The van der Waals surface area contributed by atoms with Crippen molar-refractivity contribution in [2.24, 2.45) is 0 Å². The number of hydrogen-bond acceptors (Lipinski definition) is 0. The van der Waals surface area contributed by atoms with Gasteiger partial charge >= 0.3 is 24.4 Å². The Hall–Kier alpha value is -1.42. The van der Waals surface area contributed by atoms with E-state index in [1.807, 2.05) is 0 Å². The average molecular weight is 485 g/mol. The van der Waals surface area contributed by atoms with Crippen LogP contribution in [0.2, 0.25) is 0 Å². The van der Waals surface area contributed by atoms with Gasteiger partial charge in [-0.2, -0.15) is 30.7 Å². The summed E-state index contributed by atoms with van der Waals surface area (Å²) in [6, 6.07) is 0. The third-order valence-electron chi connectivity index (χ3n) is 4.83. The molecule has 0 radical (unpaired) electrons. The zero-order valence-corrected chi connectivity index (χ0v) is 18.6. The summed E-state index contributed by atoms with van der Waals surface area (Å²) in [6.45, 7) is 6.92. The van der Waals surface area contributed by atoms with Crippen LogP contribution in [0.4, 0.5) is 39.5 Å². The van der Waals surface area contributed by atoms with Gasteiger partial charge in [0.2, 0.25) is 6.33 Å². The van der Waals surface area contributed by atoms with Crippen LogP contribution < -0.4 is 4.57 Å². The zero-order valence-electron chi connectivity index (χ0n) is 18.6. The first-order valence-corrected chi connectivity index (χ1v) is 11.0. The van der Waals surface area contributed by atoms with Gasteiger partial charge in [-0.3, -0.25) is 0 Å². The number of unbranched alkanes of at least 4 members (excludes halogenated alkanes) is 8. The second kappa shape index (κ2) is 14.7. The van der Waals surface area contributed by atoms with Crippen molar-refractivity contribution in [1.29, 1.82) is 0 Å². The van der Waals surface area contributed by atoms with Crippen LogP contribution in [0.25, 0.3) is 0 Å². The zero-order chi connectivity index (χ0) is 24.8. The molecule has 0 saturated heterocycles. The number of imidazole rings is 1. The van der Waals surface area contributed by atoms with Crippen molar-refractivity contribution < 1.29 is 44.1 Å². The summed E-state index contributed by atoms with van der Waals surface area (Å²) >= 11 is 0. The SMILES string of the molecule is CCCCCCCC[n+]1ccn(CCCCCC)c1.FC(F)C(F)(F)C(F)(F)C(F)(F)F. The Kier molecular flexibility index (Phi) is 14.0. The summed E-state index contributed by atoms with van der Waals surface area (Å²) in [5, 5.41) is 0. The van der Waals surface area contributed by atoms with E-state index in [9.17, 15) is 39.5 Å². The summed E-state index contributed by atoms with van der Waals surface area (Å²) in [4.78, 5) is 0. The lowest BCUT2D eigenvalue weighted by Crippen LogP contribution is -2.55. The Balaban J connectivity index is 0.000000649. The summed E-state index contributed by atoms with van der Waals surface area (Å²) in [5.41, 5.74) is 0. The van der Waals surface area contributed by atoms with Crippen molar-refractivity contribution >= 4 is 0 Å². The van der Waals surface area contributed by atoms with E-state index in [4.69, 9.17) is 0 Å². The second-order valence-electron chi connectivity index (χ2n) is 7.71. The van der Waals surface area contributed by atoms with Gasteiger partial charge in [-0.05, 0) is 25.7 Å². The molecule has 2 nitrogen and oxygen atoms in total. The molecule has 0 N–H and O–H groups in total. The molecular formula is C21H34F9N2+. The molecule has 0 atom stereocenters. The van der Waals surface area contributed by atoms with E-state index in [-0.39, 0.29) is 0 Å². The molecule has 0 aliphatic carbocycles. The molecule has 0 unspecified atom stereocenters. The van der Waals surface area contributed by atoms with Crippen LogP contribution in [0.5, 0.6) is 0 Å². The molecule has 0 fully saturated rings. The predicted octanol–water partition coefficient (Wildman–Crippen LogP) is 7.80. The third-order valence-corrected chi connectivity index (χ3v) is 4.83. The van der Waals surface area contributed by atoms with E-state index in [0.29, 0.717) is 0 Å². The molecule has 1 aromatic rings. The van der Waals surface area contributed by atoms with Crippen LogP contribution in [0.1, 0.15) is 78.1 Å². The molecule has 0 aliphatic heterocycles. The van der Waals surface area contributed by atoms with Crippen molar-refractivity contribution in [3.05, 3.63) is 18.7 Å². The number of alkyl halides is 9. The lowest BCUT2D eigenvalue weighted by atomic mass is 10.1. The van der Waals surface area contributed by atoms with E-state index in [1.165, 1.54) is 77.3 Å². The van der Waals surface area contributed by atoms with Crippen LogP contribution in [-0.2, 0) is 13.1 Å². The van der Waals surface area contributed by atoms with Gasteiger partial charge in [-0.1, -0.05) is 52.4 Å². The summed E-state index contributed by atoms with van der Waals surface area (Å²) in [7, 11) is 0. The summed E-state index contributed by atoms with van der Waals surface area (Å²) < 4.78 is 107. The third kappa shape index (κ3) is 10.5. The molecule has 0 aliphatic rings. The highest BCUT2D eigenvalue weighted by Crippen LogP contribution is 2.48. The van der Waals surface area contributed by atoms with E-state index < -0.39 is 24.4 Å². The Labute approximate surface area is 183 Å². The maximum Gasteiger partial charge on any atom is 0.460 e. The number of hydrogen-bond donors (Lipinski definition) is 0. The smallest absolute Gasteiger partial charge is 0.237 e. The monoisotopic (exact) mass is 485 g/mol. The summed E-state index contributed by atoms with van der Waals surface area (Å²) in [5.74, 6) is -13.1. The van der Waals surface area contributed by atoms with Gasteiger partial charge in [-0.15, -0.1) is 0 Å². The standard InChI is InChI=1S/C17H33N2.C4HF9/c1-3-5-7-9-10-12-14-19-16-15-18(17-19)13-11-8-6-4-2;5-1(6)2(7,8)3(9,10)4(11,12)13/h15-17H,3-14H2,1-2H3;1H/q+1;. The predicted molar refractivity (Wildman–Crippen MR) is 104 cm³/mol. The van der Waals surface area contributed by atoms with Gasteiger partial charge in [0.1, 0.15) is 12.4 Å². The molecule has 1 heterocycles. The Morgan fingerprint density at radius 1 is 0.750 bits per heavy atom. The van der Waals surface area contributed by atoms with E-state index in [1.54, 1.807) is 0 Å². The number of aromatic nitrogens is 2. The lowest BCUT2D eigenvalue weighted by Gasteiger charge is -2.27. The number of aryl methyl sites for hydroxylation is 2. The van der Waals surface area contributed by atoms with Crippen LogP contribution in [0, 0.1) is 0 Å². The Bertz CT molecular complexity index is 598. The van der Waals surface area contributed by atoms with Crippen LogP contribution in [-0.4, -0.2) is 29.0 Å². The minimum Gasteiger partial charge on any atom is -0.237 e. The number of halogens is 9. The molecular weight excluding hydrogens is 451 g/mol. The quantitative estimate of drug-likeness (QED) is 0.144. The lowest BCUT2D eigenvalue weighted by molar-refractivity contribution is -0.696. The van der Waals surface area contributed by atoms with Gasteiger partial charge in [0, 0.05) is 0 Å². The molecule has 0 amide bonds. The van der Waals surface area contributed by atoms with Gasteiger partial charge in [-0.25, -0.2) is 17.9 Å². The molecule has 0 spiro atoms. The highest BCUT2D eigenvalue weighted by molar-refractivity contribution is 4.92. The minimum atomic E-state index is -6.73. The highest BCUT2D eigenvalue weighted by Gasteiger charge is 2.76. The number of rotatable bonds is 14. The minimum absolute atomic E-state index is 1.18. The van der Waals surface area contributed by atoms with Crippen LogP contribution in [0.3, 0.4) is 0 Å². The van der Waals surface area contributed by atoms with Gasteiger partial charge in [0.05, 0.1) is 13.1 Å². The first-order chi connectivity index (χ1) is 14.8. The normalized spacial score (nSPS) is 12.8. The van der Waals surface area contributed by atoms with Gasteiger partial charge < -0.3 is 0 Å². The molecule has 1 rings (SSSR count). The average Bonchev–Trinajstić information content (AvgIpc) is 3.15.